The number of rotatable bonds is 47. The third-order valence-corrected chi connectivity index (χ3v) is 25.5. The molecule has 0 spiro atoms. The van der Waals surface area contributed by atoms with Crippen LogP contribution < -0.4 is 118 Å². The number of nitro groups is 2. The second-order valence-electron chi connectivity index (χ2n) is 30.4. The molecule has 0 fully saturated rings. The number of hydrogen-bond donors (Lipinski definition) is 13. The second kappa shape index (κ2) is 63.2. The fourth-order valence-corrected chi connectivity index (χ4v) is 16.2. The molecule has 0 aliphatic carbocycles. The fraction of sp³-hybridized carbons (Fsp3) is 0.354. The number of hydrazone groups is 1. The van der Waals surface area contributed by atoms with Gasteiger partial charge in [-0.05, 0) is 104 Å². The van der Waals surface area contributed by atoms with E-state index in [1.165, 1.54) is 96.8 Å². The van der Waals surface area contributed by atoms with Crippen LogP contribution in [0.1, 0.15) is 129 Å². The van der Waals surface area contributed by atoms with Crippen molar-refractivity contribution in [2.24, 2.45) is 33.0 Å². The number of carbonyl (C=O) groups is 8. The number of ether oxygens (including phenoxy) is 13. The van der Waals surface area contributed by atoms with Crippen LogP contribution in [0.4, 0.5) is 4.79 Å². The molecule has 1 aromatic heterocycles. The van der Waals surface area contributed by atoms with Crippen LogP contribution in [-0.4, -0.2) is 222 Å². The zero-order chi connectivity index (χ0) is 107. The number of guanidine groups is 2. The normalized spacial score (nSPS) is 12.5. The Labute approximate surface area is 855 Å². The Bertz CT molecular complexity index is 5350. The zero-order valence-electron chi connectivity index (χ0n) is 82.1. The number of carboxylic acid groups (broad SMARTS) is 3. The van der Waals surface area contributed by atoms with Crippen LogP contribution in [0, 0.1) is 24.1 Å². The minimum absolute atomic E-state index is 0.0181. The number of aliphatic imine (C=N–C) groups is 1. The highest BCUT2D eigenvalue weighted by molar-refractivity contribution is 7.81. The number of carboxylic acids is 3. The summed E-state index contributed by atoms with van der Waals surface area (Å²) in [5.41, 5.74) is 27.9. The number of aromatic carboxylic acids is 1. The maximum atomic E-state index is 12.7. The van der Waals surface area contributed by atoms with E-state index in [4.69, 9.17) is 102 Å². The molecule has 144 heavy (non-hydrogen) atoms. The van der Waals surface area contributed by atoms with E-state index in [1.807, 2.05) is 81.8 Å². The van der Waals surface area contributed by atoms with Crippen molar-refractivity contribution in [3.63, 3.8) is 0 Å². The number of esters is 3. The summed E-state index contributed by atoms with van der Waals surface area (Å²) in [5.74, 6) is -2.53. The molecule has 0 saturated carbocycles. The smallest absolute Gasteiger partial charge is 0.413 e. The van der Waals surface area contributed by atoms with E-state index in [0.717, 1.165) is 50.2 Å². The zero-order valence-corrected chi connectivity index (χ0v) is 86.3. The van der Waals surface area contributed by atoms with Crippen molar-refractivity contribution in [2.75, 3.05) is 124 Å². The number of carbonyl (C=O) groups excluding carboxylic acids is 7. The molecule has 43 nitrogen and oxygen atoms in total. The van der Waals surface area contributed by atoms with Crippen LogP contribution >= 0.6 is 57.7 Å². The van der Waals surface area contributed by atoms with Gasteiger partial charge in [0.05, 0.1) is 126 Å². The minimum Gasteiger partial charge on any atom is -0.548 e. The monoisotopic (exact) mass is 2090 g/mol. The Balaban J connectivity index is 0.000000366. The number of nitrogens with one attached hydrogen (secondary N) is 4. The van der Waals surface area contributed by atoms with Crippen molar-refractivity contribution < 1.29 is 141 Å². The van der Waals surface area contributed by atoms with E-state index in [-0.39, 0.29) is 96.8 Å². The van der Waals surface area contributed by atoms with Gasteiger partial charge >= 0.3 is 30.0 Å². The molecule has 0 radical (unpaired) electrons. The largest absolute Gasteiger partial charge is 0.548 e. The molecule has 0 bridgehead atoms. The topological polar surface area (TPSA) is 636 Å². The number of thiol groups is 1. The minimum atomic E-state index is -1.50. The van der Waals surface area contributed by atoms with E-state index in [1.54, 1.807) is 78.2 Å². The SMILES string of the molecule is CCC(COC(=O)c1cc(OC)c(OC)c(OC)c1)([NH2+]C)c1ccccc1.CCC(COC(=O)c1cc(OC)c(OC)c(OC)c1)([NH2+]C)c1ccccc1.CCC(COC(=O)c1cc(OC)c(OC)c(OC)c1)([NH2+]C)c1ccccc1.N/C(=N\[N+](=O)[O-])NCCCC(NC(=O)C(N)CS)C(=O)O.NC(=NCCCC(NC(=O)Oc1ccc(-c2cc(=S)ss2)cc1)C(=O)[O-])N[N+](=O)[O-].NC(=S)c1ccc(C(=O)[O-])cc1. The summed E-state index contributed by atoms with van der Waals surface area (Å²) in [6.45, 7) is 7.19. The molecule has 19 N–H and O–H groups in total. The van der Waals surface area contributed by atoms with Crippen molar-refractivity contribution in [3.05, 3.63) is 251 Å². The standard InChI is InChI=1S/3C21H27NO5.C16H17N5O6S3.C9H18N6O5S.C8H7NO2S/c3*1-6-21(22-2,16-10-8-7-9-11-16)14-27-20(23)15-12-17(24-3)19(26-5)18(13-15)25-4;17-15(20-21(25)26)18-7-1-2-11(14(22)23)19-16(24)27-10-5-3-9(4-6-10)12-8-13(28)30-29-12;10-5(4-21)7(16)13-6(8(17)18)2-1-3-12-9(11)14-15(19)20;9-7(12)5-1-3-6(4-2-5)8(10)11/h3*7-13,22H,6,14H2,1-5H3;3-6,8,11H,1-2,7H2,(H,19,24)(H,22,23)(H3,17,18,20);5-6,21H,1-4,10H2,(H,13,16)(H,17,18)(H3,11,12,14);1-4H,(H2,9,12)(H,10,11)/p+1. The number of nitrogens with two attached hydrogens (primary N) is 7. The number of nitrogens with zero attached hydrogens (tertiary/aromatic N) is 4. The van der Waals surface area contributed by atoms with Crippen LogP contribution in [0.25, 0.3) is 10.4 Å². The molecule has 2 amide bonds. The number of hydrogen-bond acceptors (Lipinski definition) is 34. The average Bonchev–Trinajstić information content (AvgIpc) is 0.872. The van der Waals surface area contributed by atoms with Crippen LogP contribution in [0.3, 0.4) is 0 Å². The van der Waals surface area contributed by atoms with Gasteiger partial charge in [0, 0.05) is 65.2 Å². The van der Waals surface area contributed by atoms with E-state index in [9.17, 15) is 68.8 Å². The maximum Gasteiger partial charge on any atom is 0.413 e. The number of hydrazine groups is 1. The molecule has 9 aromatic rings. The molecule has 48 heteroatoms. The third kappa shape index (κ3) is 38.2. The summed E-state index contributed by atoms with van der Waals surface area (Å²) in [7, 11) is 22.6. The van der Waals surface area contributed by atoms with E-state index in [2.05, 4.69) is 124 Å². The molecule has 0 aliphatic rings. The van der Waals surface area contributed by atoms with Gasteiger partial charge in [-0.2, -0.15) is 12.6 Å². The summed E-state index contributed by atoms with van der Waals surface area (Å²) in [5, 5.41) is 64.8. The number of methoxy groups -OCH3 is 9. The third-order valence-electron chi connectivity index (χ3n) is 21.9. The van der Waals surface area contributed by atoms with Gasteiger partial charge in [0.15, 0.2) is 81.0 Å². The summed E-state index contributed by atoms with van der Waals surface area (Å²) < 4.78 is 70.6. The molecule has 6 atom stereocenters. The lowest BCUT2D eigenvalue weighted by Gasteiger charge is -2.29. The van der Waals surface area contributed by atoms with Gasteiger partial charge in [-0.15, -0.1) is 0 Å². The van der Waals surface area contributed by atoms with Crippen molar-refractivity contribution in [1.29, 1.82) is 0 Å². The number of aliphatic carboxylic acids is 2. The van der Waals surface area contributed by atoms with Gasteiger partial charge in [-0.3, -0.25) is 4.79 Å². The molecule has 1 heterocycles. The number of amides is 2. The Morgan fingerprint density at radius 2 is 0.882 bits per heavy atom. The fourth-order valence-electron chi connectivity index (χ4n) is 13.5. The lowest BCUT2D eigenvalue weighted by Crippen LogP contribution is -2.92. The van der Waals surface area contributed by atoms with Gasteiger partial charge in [0.25, 0.3) is 11.9 Å². The molecule has 0 saturated heterocycles. The Morgan fingerprint density at radius 1 is 0.507 bits per heavy atom. The van der Waals surface area contributed by atoms with Gasteiger partial charge in [0.1, 0.15) is 25.7 Å². The van der Waals surface area contributed by atoms with E-state index >= 15 is 0 Å². The first kappa shape index (κ1) is 122. The first-order valence-electron chi connectivity index (χ1n) is 44.1. The Morgan fingerprint density at radius 3 is 1.18 bits per heavy atom. The van der Waals surface area contributed by atoms with Crippen molar-refractivity contribution in [2.45, 2.75) is 100 Å². The molecular weight excluding hydrogens is 1970 g/mol. The van der Waals surface area contributed by atoms with Gasteiger partial charge in [-0.25, -0.2) is 49.2 Å². The van der Waals surface area contributed by atoms with Gasteiger partial charge < -0.3 is 141 Å². The number of quaternary nitrogens is 3. The predicted molar refractivity (Wildman–Crippen MR) is 544 cm³/mol. The number of likely N-dealkylation sites (N-methyl/N-ethyl adjacent to an activating group) is 3. The Hall–Kier alpha value is -14.8. The van der Waals surface area contributed by atoms with Gasteiger partial charge in [-0.1, -0.05) is 187 Å². The predicted octanol–water partition coefficient (Wildman–Crippen LogP) is 5.77. The molecule has 780 valence electrons. The summed E-state index contributed by atoms with van der Waals surface area (Å²) >= 11 is 13.6. The summed E-state index contributed by atoms with van der Waals surface area (Å²) in [6, 6.07) is 50.9. The highest BCUT2D eigenvalue weighted by atomic mass is 32.9. The lowest BCUT2D eigenvalue weighted by atomic mass is 9.88. The van der Waals surface area contributed by atoms with Crippen LogP contribution in [-0.2, 0) is 45.2 Å². The van der Waals surface area contributed by atoms with E-state index < -0.39 is 82.0 Å². The molecular formula is C96H124N15O28S5+. The van der Waals surface area contributed by atoms with Gasteiger partial charge in [0.2, 0.25) is 23.2 Å². The molecule has 9 rings (SSSR count). The lowest BCUT2D eigenvalue weighted by molar-refractivity contribution is -0.715. The quantitative estimate of drug-likeness (QED) is 0.00206. The maximum absolute atomic E-state index is 12.7. The van der Waals surface area contributed by atoms with Crippen molar-refractivity contribution in [1.82, 2.24) is 21.4 Å². The Kier molecular flexibility index (Phi) is 53.3. The van der Waals surface area contributed by atoms with Crippen molar-refractivity contribution >= 4 is 122 Å². The van der Waals surface area contributed by atoms with Crippen LogP contribution in [0.2, 0.25) is 0 Å². The highest BCUT2D eigenvalue weighted by Crippen LogP contribution is 2.42. The number of benzene rings is 8. The van der Waals surface area contributed by atoms with Crippen molar-refractivity contribution in [3.8, 4) is 67.9 Å². The van der Waals surface area contributed by atoms with Crippen LogP contribution in [0.5, 0.6) is 57.5 Å². The summed E-state index contributed by atoms with van der Waals surface area (Å²) in [4.78, 5) is 119. The van der Waals surface area contributed by atoms with Crippen LogP contribution in [0.15, 0.2) is 192 Å². The summed E-state index contributed by atoms with van der Waals surface area (Å²) in [6.07, 6.45) is 2.03. The second-order valence-corrected chi connectivity index (χ2v) is 34.1. The highest BCUT2D eigenvalue weighted by Gasteiger charge is 2.38. The number of thiocarbonyl (C=S) groups is 1. The molecule has 0 aliphatic heterocycles. The first-order chi connectivity index (χ1) is 68.8. The first-order valence-corrected chi connectivity index (χ1v) is 47.7. The average molecular weight is 2100 g/mol. The molecule has 8 aromatic carbocycles. The van der Waals surface area contributed by atoms with E-state index in [0.29, 0.717) is 80.4 Å². The molecule has 6 unspecified atom stereocenters.